The van der Waals surface area contributed by atoms with Crippen molar-refractivity contribution in [2.24, 2.45) is 11.7 Å². The van der Waals surface area contributed by atoms with Gasteiger partial charge in [-0.15, -0.1) is 0 Å². The monoisotopic (exact) mass is 294 g/mol. The molecule has 1 saturated carbocycles. The molecule has 1 aliphatic carbocycles. The molecule has 2 N–H and O–H groups in total. The normalized spacial score (nSPS) is 28.6. The Balaban J connectivity index is 2.24. The van der Waals surface area contributed by atoms with Crippen LogP contribution in [0.15, 0.2) is 24.3 Å². The van der Waals surface area contributed by atoms with Crippen LogP contribution in [0.4, 0.5) is 0 Å². The lowest BCUT2D eigenvalue weighted by molar-refractivity contribution is 0.0320. The first-order valence-electron chi connectivity index (χ1n) is 7.67. The summed E-state index contributed by atoms with van der Waals surface area (Å²) in [6.45, 7) is 5.30. The van der Waals surface area contributed by atoms with Crippen LogP contribution >= 0.6 is 11.6 Å². The fourth-order valence-electron chi connectivity index (χ4n) is 3.72. The van der Waals surface area contributed by atoms with Gasteiger partial charge in [-0.2, -0.15) is 0 Å². The summed E-state index contributed by atoms with van der Waals surface area (Å²) in [6, 6.07) is 8.43. The van der Waals surface area contributed by atoms with E-state index in [0.29, 0.717) is 0 Å². The van der Waals surface area contributed by atoms with Crippen LogP contribution in [0.5, 0.6) is 0 Å². The van der Waals surface area contributed by atoms with Crippen molar-refractivity contribution in [1.82, 2.24) is 4.90 Å². The highest BCUT2D eigenvalue weighted by atomic mass is 35.5. The van der Waals surface area contributed by atoms with Gasteiger partial charge in [0, 0.05) is 23.1 Å². The van der Waals surface area contributed by atoms with Crippen LogP contribution in [0.25, 0.3) is 0 Å². The zero-order valence-corrected chi connectivity index (χ0v) is 13.7. The molecule has 1 aromatic carbocycles. The number of halogens is 1. The van der Waals surface area contributed by atoms with Crippen molar-refractivity contribution >= 4 is 11.6 Å². The summed E-state index contributed by atoms with van der Waals surface area (Å²) in [6.07, 6.45) is 4.99. The number of nitrogens with two attached hydrogens (primary N) is 1. The van der Waals surface area contributed by atoms with Gasteiger partial charge in [0.1, 0.15) is 0 Å². The van der Waals surface area contributed by atoms with Crippen molar-refractivity contribution < 1.29 is 0 Å². The zero-order valence-electron chi connectivity index (χ0n) is 12.9. The van der Waals surface area contributed by atoms with E-state index in [9.17, 15) is 0 Å². The second-order valence-corrected chi connectivity index (χ2v) is 6.85. The average molecular weight is 295 g/mol. The molecular formula is C17H27ClN2. The van der Waals surface area contributed by atoms with Crippen LogP contribution < -0.4 is 5.73 Å². The molecule has 0 radical (unpaired) electrons. The lowest BCUT2D eigenvalue weighted by Crippen LogP contribution is -2.55. The Hall–Kier alpha value is -0.570. The highest BCUT2D eigenvalue weighted by molar-refractivity contribution is 6.31. The van der Waals surface area contributed by atoms with Gasteiger partial charge in [-0.3, -0.25) is 4.90 Å². The summed E-state index contributed by atoms with van der Waals surface area (Å²) in [5, 5.41) is 0.850. The van der Waals surface area contributed by atoms with E-state index in [1.165, 1.54) is 31.2 Å². The van der Waals surface area contributed by atoms with Gasteiger partial charge in [-0.05, 0) is 44.4 Å². The number of rotatable bonds is 4. The largest absolute Gasteiger partial charge is 0.329 e. The van der Waals surface area contributed by atoms with Gasteiger partial charge < -0.3 is 5.73 Å². The minimum Gasteiger partial charge on any atom is -0.329 e. The maximum Gasteiger partial charge on any atom is 0.0453 e. The predicted molar refractivity (Wildman–Crippen MR) is 87.0 cm³/mol. The Kier molecular flexibility index (Phi) is 5.11. The number of likely N-dealkylation sites (N-methyl/N-ethyl adjacent to an activating group) is 1. The minimum absolute atomic E-state index is 0.121. The van der Waals surface area contributed by atoms with E-state index < -0.39 is 0 Å². The molecular weight excluding hydrogens is 268 g/mol. The Morgan fingerprint density at radius 3 is 2.75 bits per heavy atom. The summed E-state index contributed by atoms with van der Waals surface area (Å²) in [4.78, 5) is 2.46. The quantitative estimate of drug-likeness (QED) is 0.900. The van der Waals surface area contributed by atoms with Crippen LogP contribution in [0.1, 0.15) is 51.1 Å². The summed E-state index contributed by atoms with van der Waals surface area (Å²) in [5.74, 6) is 0.758. The third kappa shape index (κ3) is 3.03. The molecule has 0 spiro atoms. The van der Waals surface area contributed by atoms with Crippen LogP contribution in [-0.4, -0.2) is 24.0 Å². The molecule has 0 heterocycles. The van der Waals surface area contributed by atoms with E-state index in [1.54, 1.807) is 0 Å². The van der Waals surface area contributed by atoms with E-state index in [4.69, 9.17) is 17.3 Å². The van der Waals surface area contributed by atoms with E-state index >= 15 is 0 Å². The number of benzene rings is 1. The third-order valence-corrected chi connectivity index (χ3v) is 5.48. The van der Waals surface area contributed by atoms with Gasteiger partial charge in [0.25, 0.3) is 0 Å². The number of hydrogen-bond donors (Lipinski definition) is 1. The first kappa shape index (κ1) is 15.8. The molecule has 3 heteroatoms. The van der Waals surface area contributed by atoms with E-state index in [1.807, 2.05) is 12.1 Å². The molecule has 0 saturated heterocycles. The first-order chi connectivity index (χ1) is 9.50. The molecule has 0 bridgehead atoms. The molecule has 0 amide bonds. The molecule has 1 aliphatic rings. The lowest BCUT2D eigenvalue weighted by Gasteiger charge is -2.48. The molecule has 3 atom stereocenters. The van der Waals surface area contributed by atoms with Gasteiger partial charge in [0.05, 0.1) is 0 Å². The SMILES string of the molecule is CC1CCCC(CN)(N(C)C(C)c2ccccc2Cl)C1. The maximum atomic E-state index is 6.36. The lowest BCUT2D eigenvalue weighted by atomic mass is 9.74. The summed E-state index contributed by atoms with van der Waals surface area (Å²) in [7, 11) is 2.21. The summed E-state index contributed by atoms with van der Waals surface area (Å²) >= 11 is 6.36. The van der Waals surface area contributed by atoms with E-state index in [2.05, 4.69) is 37.9 Å². The molecule has 0 aromatic heterocycles. The van der Waals surface area contributed by atoms with Crippen molar-refractivity contribution in [2.45, 2.75) is 51.1 Å². The third-order valence-electron chi connectivity index (χ3n) is 5.13. The molecule has 20 heavy (non-hydrogen) atoms. The molecule has 112 valence electrons. The van der Waals surface area contributed by atoms with Crippen molar-refractivity contribution in [2.75, 3.05) is 13.6 Å². The average Bonchev–Trinajstić information content (AvgIpc) is 2.46. The topological polar surface area (TPSA) is 29.3 Å². The second-order valence-electron chi connectivity index (χ2n) is 6.44. The van der Waals surface area contributed by atoms with E-state index in [-0.39, 0.29) is 11.6 Å². The van der Waals surface area contributed by atoms with Crippen molar-refractivity contribution in [1.29, 1.82) is 0 Å². The van der Waals surface area contributed by atoms with Crippen LogP contribution in [0, 0.1) is 5.92 Å². The van der Waals surface area contributed by atoms with Gasteiger partial charge >= 0.3 is 0 Å². The van der Waals surface area contributed by atoms with Gasteiger partial charge in [-0.25, -0.2) is 0 Å². The Labute approximate surface area is 128 Å². The summed E-state index contributed by atoms with van der Waals surface area (Å²) in [5.41, 5.74) is 7.50. The highest BCUT2D eigenvalue weighted by Gasteiger charge is 2.39. The van der Waals surface area contributed by atoms with Gasteiger partial charge in [0.15, 0.2) is 0 Å². The van der Waals surface area contributed by atoms with Crippen LogP contribution in [-0.2, 0) is 0 Å². The van der Waals surface area contributed by atoms with Crippen LogP contribution in [0.3, 0.4) is 0 Å². The molecule has 2 nitrogen and oxygen atoms in total. The second kappa shape index (κ2) is 6.46. The predicted octanol–water partition coefficient (Wildman–Crippen LogP) is 4.24. The Morgan fingerprint density at radius 2 is 2.15 bits per heavy atom. The fourth-order valence-corrected chi connectivity index (χ4v) is 4.01. The first-order valence-corrected chi connectivity index (χ1v) is 8.05. The number of nitrogens with zero attached hydrogens (tertiary/aromatic N) is 1. The number of hydrogen-bond acceptors (Lipinski definition) is 2. The molecule has 3 unspecified atom stereocenters. The van der Waals surface area contributed by atoms with E-state index in [0.717, 1.165) is 17.5 Å². The molecule has 2 rings (SSSR count). The van der Waals surface area contributed by atoms with Crippen LogP contribution in [0.2, 0.25) is 5.02 Å². The molecule has 1 aromatic rings. The fraction of sp³-hybridized carbons (Fsp3) is 0.647. The molecule has 1 fully saturated rings. The highest BCUT2D eigenvalue weighted by Crippen LogP contribution is 2.40. The van der Waals surface area contributed by atoms with Crippen molar-refractivity contribution in [3.8, 4) is 0 Å². The smallest absolute Gasteiger partial charge is 0.0453 e. The van der Waals surface area contributed by atoms with Gasteiger partial charge in [0.2, 0.25) is 0 Å². The van der Waals surface area contributed by atoms with Crippen molar-refractivity contribution in [3.63, 3.8) is 0 Å². The Morgan fingerprint density at radius 1 is 1.45 bits per heavy atom. The maximum absolute atomic E-state index is 6.36. The zero-order chi connectivity index (χ0) is 14.8. The molecule has 0 aliphatic heterocycles. The van der Waals surface area contributed by atoms with Crippen molar-refractivity contribution in [3.05, 3.63) is 34.9 Å². The standard InChI is InChI=1S/C17H27ClN2/c1-13-7-6-10-17(11-13,12-19)20(3)14(2)15-8-4-5-9-16(15)18/h4-5,8-9,13-14H,6-7,10-12,19H2,1-3H3. The van der Waals surface area contributed by atoms with Gasteiger partial charge in [-0.1, -0.05) is 49.6 Å². The Bertz CT molecular complexity index is 448. The summed E-state index contributed by atoms with van der Waals surface area (Å²) < 4.78 is 0. The minimum atomic E-state index is 0.121.